The molecule has 0 unspecified atom stereocenters. The Morgan fingerprint density at radius 2 is 0.895 bits per heavy atom. The molecule has 0 saturated carbocycles. The first kappa shape index (κ1) is 33.4. The highest BCUT2D eigenvalue weighted by Gasteiger charge is 2.46. The molecule has 0 spiro atoms. The molecule has 0 radical (unpaired) electrons. The van der Waals surface area contributed by atoms with Gasteiger partial charge >= 0.3 is 0 Å². The molecule has 0 bridgehead atoms. The Hall–Kier alpha value is -6.96. The van der Waals surface area contributed by atoms with Crippen LogP contribution >= 0.6 is 0 Å². The molecule has 270 valence electrons. The van der Waals surface area contributed by atoms with Gasteiger partial charge in [0.05, 0.1) is 16.8 Å². The lowest BCUT2D eigenvalue weighted by atomic mass is 9.67. The van der Waals surface area contributed by atoms with Gasteiger partial charge in [-0.25, -0.2) is 0 Å². The maximum atomic E-state index is 2.53. The lowest BCUT2D eigenvalue weighted by Gasteiger charge is -2.35. The SMILES string of the molecule is CC1(C)c2ccccc2-c2c(N(c3ccc(C4(c5ccccc5)c5ccccc5-c5ccccc54)cc3)c3ccccc3-c3ccccc3)cc3ccccc3c21. The summed E-state index contributed by atoms with van der Waals surface area (Å²) in [5.74, 6) is 0. The van der Waals surface area contributed by atoms with Crippen LogP contribution in [0.4, 0.5) is 17.1 Å². The Kier molecular flexibility index (Phi) is 7.50. The number of hydrogen-bond donors (Lipinski definition) is 0. The summed E-state index contributed by atoms with van der Waals surface area (Å²) < 4.78 is 0. The van der Waals surface area contributed by atoms with Crippen LogP contribution in [0.5, 0.6) is 0 Å². The fraction of sp³-hybridized carbons (Fsp3) is 0.0714. The molecule has 9 aromatic carbocycles. The summed E-state index contributed by atoms with van der Waals surface area (Å²) in [5.41, 5.74) is 18.3. The van der Waals surface area contributed by atoms with E-state index in [4.69, 9.17) is 0 Å². The second-order valence-corrected chi connectivity index (χ2v) is 16.0. The minimum Gasteiger partial charge on any atom is -0.309 e. The van der Waals surface area contributed by atoms with Gasteiger partial charge in [0.2, 0.25) is 0 Å². The van der Waals surface area contributed by atoms with Gasteiger partial charge in [0.25, 0.3) is 0 Å². The Labute approximate surface area is 335 Å². The zero-order valence-electron chi connectivity index (χ0n) is 32.2. The molecule has 2 aliphatic rings. The molecule has 1 nitrogen and oxygen atoms in total. The first-order valence-electron chi connectivity index (χ1n) is 20.0. The fourth-order valence-corrected chi connectivity index (χ4v) is 10.3. The molecule has 0 aromatic heterocycles. The molecule has 1 heteroatoms. The van der Waals surface area contributed by atoms with Gasteiger partial charge in [-0.1, -0.05) is 202 Å². The van der Waals surface area contributed by atoms with Gasteiger partial charge in [0.1, 0.15) is 0 Å². The van der Waals surface area contributed by atoms with Gasteiger partial charge in [-0.15, -0.1) is 0 Å². The van der Waals surface area contributed by atoms with Crippen LogP contribution in [0.25, 0.3) is 44.2 Å². The van der Waals surface area contributed by atoms with Crippen molar-refractivity contribution < 1.29 is 0 Å². The molecule has 0 atom stereocenters. The maximum absolute atomic E-state index is 2.53. The number of hydrogen-bond acceptors (Lipinski definition) is 1. The van der Waals surface area contributed by atoms with Crippen molar-refractivity contribution >= 4 is 27.8 Å². The standard InChI is InChI=1S/C56H41N/c1-55(2)48-29-15-13-28-47(48)53-52(37-39-21-9-10-25-44(39)54(53)55)57(51-32-18-14-24-43(51)38-19-5-3-6-20-38)42-35-33-41(34-36-42)56(40-22-7-4-8-23-40)49-30-16-11-26-45(49)46-27-12-17-31-50(46)56/h3-37H,1-2H3. The van der Waals surface area contributed by atoms with Crippen molar-refractivity contribution in [3.63, 3.8) is 0 Å². The fourth-order valence-electron chi connectivity index (χ4n) is 10.3. The number of rotatable bonds is 6. The van der Waals surface area contributed by atoms with Gasteiger partial charge in [0, 0.05) is 22.2 Å². The minimum absolute atomic E-state index is 0.179. The third-order valence-corrected chi connectivity index (χ3v) is 12.7. The zero-order chi connectivity index (χ0) is 38.1. The molecular weight excluding hydrogens is 687 g/mol. The maximum Gasteiger partial charge on any atom is 0.0713 e. The van der Waals surface area contributed by atoms with E-state index in [-0.39, 0.29) is 5.41 Å². The van der Waals surface area contributed by atoms with Crippen LogP contribution in [0.1, 0.15) is 47.2 Å². The van der Waals surface area contributed by atoms with E-state index >= 15 is 0 Å². The molecule has 0 saturated heterocycles. The summed E-state index contributed by atoms with van der Waals surface area (Å²) in [4.78, 5) is 2.53. The molecule has 9 aromatic rings. The van der Waals surface area contributed by atoms with Crippen LogP contribution in [0, 0.1) is 0 Å². The van der Waals surface area contributed by atoms with E-state index in [2.05, 4.69) is 231 Å². The van der Waals surface area contributed by atoms with Crippen LogP contribution in [-0.4, -0.2) is 0 Å². The van der Waals surface area contributed by atoms with Gasteiger partial charge in [-0.05, 0) is 90.7 Å². The first-order chi connectivity index (χ1) is 28.1. The zero-order valence-corrected chi connectivity index (χ0v) is 32.2. The summed E-state index contributed by atoms with van der Waals surface area (Å²) in [5, 5.41) is 2.56. The quantitative estimate of drug-likeness (QED) is 0.165. The first-order valence-corrected chi connectivity index (χ1v) is 20.0. The third kappa shape index (κ3) is 4.82. The predicted octanol–water partition coefficient (Wildman–Crippen LogP) is 14.6. The molecule has 0 N–H and O–H groups in total. The minimum atomic E-state index is -0.465. The number of para-hydroxylation sites is 1. The second-order valence-electron chi connectivity index (χ2n) is 16.0. The Balaban J connectivity index is 1.20. The van der Waals surface area contributed by atoms with Crippen LogP contribution in [0.2, 0.25) is 0 Å². The van der Waals surface area contributed by atoms with Crippen molar-refractivity contribution in [3.8, 4) is 33.4 Å². The summed E-state index contributed by atoms with van der Waals surface area (Å²) in [6.07, 6.45) is 0. The monoisotopic (exact) mass is 727 g/mol. The summed E-state index contributed by atoms with van der Waals surface area (Å²) in [6.45, 7) is 4.79. The van der Waals surface area contributed by atoms with Crippen LogP contribution in [0.3, 0.4) is 0 Å². The molecule has 0 amide bonds. The average Bonchev–Trinajstić information content (AvgIpc) is 3.71. The van der Waals surface area contributed by atoms with Crippen molar-refractivity contribution in [1.29, 1.82) is 0 Å². The van der Waals surface area contributed by atoms with Crippen molar-refractivity contribution in [3.05, 3.63) is 246 Å². The number of nitrogens with zero attached hydrogens (tertiary/aromatic N) is 1. The van der Waals surface area contributed by atoms with Crippen molar-refractivity contribution in [2.45, 2.75) is 24.7 Å². The molecule has 11 rings (SSSR count). The molecule has 0 fully saturated rings. The van der Waals surface area contributed by atoms with E-state index in [1.54, 1.807) is 0 Å². The molecule has 2 aliphatic carbocycles. The van der Waals surface area contributed by atoms with Crippen LogP contribution in [0.15, 0.2) is 212 Å². The van der Waals surface area contributed by atoms with Crippen LogP contribution < -0.4 is 4.90 Å². The molecule has 0 heterocycles. The largest absolute Gasteiger partial charge is 0.309 e. The highest BCUT2D eigenvalue weighted by atomic mass is 15.1. The van der Waals surface area contributed by atoms with Crippen molar-refractivity contribution in [2.75, 3.05) is 4.90 Å². The summed E-state index contributed by atoms with van der Waals surface area (Å²) in [7, 11) is 0. The predicted molar refractivity (Wildman–Crippen MR) is 239 cm³/mol. The van der Waals surface area contributed by atoms with Crippen molar-refractivity contribution in [2.24, 2.45) is 0 Å². The van der Waals surface area contributed by atoms with E-state index < -0.39 is 5.41 Å². The highest BCUT2D eigenvalue weighted by molar-refractivity contribution is 6.06. The van der Waals surface area contributed by atoms with Gasteiger partial charge in [-0.2, -0.15) is 0 Å². The number of benzene rings is 9. The highest BCUT2D eigenvalue weighted by Crippen LogP contribution is 2.59. The number of anilines is 3. The third-order valence-electron chi connectivity index (χ3n) is 12.7. The van der Waals surface area contributed by atoms with Crippen molar-refractivity contribution in [1.82, 2.24) is 0 Å². The second kappa shape index (κ2) is 12.8. The van der Waals surface area contributed by atoms with E-state index in [0.29, 0.717) is 0 Å². The Morgan fingerprint density at radius 3 is 1.58 bits per heavy atom. The van der Waals surface area contributed by atoms with E-state index in [9.17, 15) is 0 Å². The smallest absolute Gasteiger partial charge is 0.0713 e. The summed E-state index contributed by atoms with van der Waals surface area (Å²) >= 11 is 0. The lowest BCUT2D eigenvalue weighted by molar-refractivity contribution is 0.666. The molecular formula is C56H41N. The van der Waals surface area contributed by atoms with E-state index in [1.807, 2.05) is 0 Å². The van der Waals surface area contributed by atoms with E-state index in [0.717, 1.165) is 11.4 Å². The Bertz CT molecular complexity index is 2930. The molecule has 0 aliphatic heterocycles. The van der Waals surface area contributed by atoms with E-state index in [1.165, 1.54) is 83.2 Å². The topological polar surface area (TPSA) is 3.24 Å². The number of fused-ring (bicyclic) bond motifs is 8. The van der Waals surface area contributed by atoms with Crippen LogP contribution in [-0.2, 0) is 10.8 Å². The normalized spacial score (nSPS) is 14.1. The average molecular weight is 728 g/mol. The Morgan fingerprint density at radius 1 is 0.386 bits per heavy atom. The lowest BCUT2D eigenvalue weighted by Crippen LogP contribution is -2.28. The summed E-state index contributed by atoms with van der Waals surface area (Å²) in [6, 6.07) is 78.7. The van der Waals surface area contributed by atoms with Gasteiger partial charge in [0.15, 0.2) is 0 Å². The van der Waals surface area contributed by atoms with Gasteiger partial charge in [-0.3, -0.25) is 0 Å². The molecule has 57 heavy (non-hydrogen) atoms. The van der Waals surface area contributed by atoms with Gasteiger partial charge < -0.3 is 4.90 Å².